The van der Waals surface area contributed by atoms with Crippen LogP contribution in [0.5, 0.6) is 5.75 Å². The van der Waals surface area contributed by atoms with Crippen molar-refractivity contribution >= 4 is 5.91 Å². The molecule has 1 N–H and O–H groups in total. The molecular formula is C12H17NO2. The first-order chi connectivity index (χ1) is 7.19. The van der Waals surface area contributed by atoms with Crippen molar-refractivity contribution in [3.8, 4) is 5.75 Å². The fourth-order valence-electron chi connectivity index (χ4n) is 1.56. The summed E-state index contributed by atoms with van der Waals surface area (Å²) in [6.07, 6.45) is 0.483. The van der Waals surface area contributed by atoms with Crippen LogP contribution in [0.25, 0.3) is 0 Å². The first kappa shape index (κ1) is 11.6. The Kier molecular flexibility index (Phi) is 4.16. The van der Waals surface area contributed by atoms with E-state index in [-0.39, 0.29) is 11.8 Å². The fourth-order valence-corrected chi connectivity index (χ4v) is 1.56. The van der Waals surface area contributed by atoms with Crippen LogP contribution < -0.4 is 10.1 Å². The van der Waals surface area contributed by atoms with Crippen LogP contribution in [0.3, 0.4) is 0 Å². The van der Waals surface area contributed by atoms with Crippen molar-refractivity contribution in [3.05, 3.63) is 29.8 Å². The largest absolute Gasteiger partial charge is 0.496 e. The van der Waals surface area contributed by atoms with Crippen molar-refractivity contribution in [2.24, 2.45) is 0 Å². The molecule has 1 aromatic rings. The van der Waals surface area contributed by atoms with Crippen LogP contribution in [0, 0.1) is 0 Å². The maximum Gasteiger partial charge on any atom is 0.220 e. The summed E-state index contributed by atoms with van der Waals surface area (Å²) in [5, 5.41) is 2.62. The Morgan fingerprint density at radius 3 is 2.73 bits per heavy atom. The lowest BCUT2D eigenvalue weighted by Crippen LogP contribution is -2.19. The van der Waals surface area contributed by atoms with Crippen LogP contribution in [0.15, 0.2) is 24.3 Å². The minimum atomic E-state index is 0.0495. The summed E-state index contributed by atoms with van der Waals surface area (Å²) in [6.45, 7) is 2.02. The zero-order valence-electron chi connectivity index (χ0n) is 9.41. The lowest BCUT2D eigenvalue weighted by Gasteiger charge is -2.14. The molecule has 1 rings (SSSR count). The molecule has 0 unspecified atom stereocenters. The number of ether oxygens (including phenoxy) is 1. The third kappa shape index (κ3) is 2.98. The summed E-state index contributed by atoms with van der Waals surface area (Å²) >= 11 is 0. The molecule has 0 radical (unpaired) electrons. The number of nitrogens with one attached hydrogen (secondary N) is 1. The molecule has 0 bridgehead atoms. The summed E-state index contributed by atoms with van der Waals surface area (Å²) in [5.74, 6) is 1.06. The molecule has 0 spiro atoms. The Hall–Kier alpha value is -1.51. The van der Waals surface area contributed by atoms with Gasteiger partial charge in [0.25, 0.3) is 0 Å². The van der Waals surface area contributed by atoms with Gasteiger partial charge in [0.15, 0.2) is 0 Å². The standard InChI is InChI=1S/C12H17NO2/c1-9(8-12(14)13-2)10-6-4-5-7-11(10)15-3/h4-7,9H,8H2,1-3H3,(H,13,14)/t9-/m1/s1. The highest BCUT2D eigenvalue weighted by atomic mass is 16.5. The highest BCUT2D eigenvalue weighted by molar-refractivity contribution is 5.76. The summed E-state index contributed by atoms with van der Waals surface area (Å²) < 4.78 is 5.25. The van der Waals surface area contributed by atoms with Gasteiger partial charge >= 0.3 is 0 Å². The van der Waals surface area contributed by atoms with E-state index in [1.165, 1.54) is 0 Å². The Labute approximate surface area is 90.4 Å². The topological polar surface area (TPSA) is 38.3 Å². The molecule has 0 fully saturated rings. The summed E-state index contributed by atoms with van der Waals surface area (Å²) in [4.78, 5) is 11.2. The van der Waals surface area contributed by atoms with Gasteiger partial charge in [-0.25, -0.2) is 0 Å². The zero-order chi connectivity index (χ0) is 11.3. The normalized spacial score (nSPS) is 11.9. The first-order valence-corrected chi connectivity index (χ1v) is 5.02. The van der Waals surface area contributed by atoms with Gasteiger partial charge in [-0.3, -0.25) is 4.79 Å². The predicted octanol–water partition coefficient (Wildman–Crippen LogP) is 1.93. The van der Waals surface area contributed by atoms with Crippen molar-refractivity contribution < 1.29 is 9.53 Å². The van der Waals surface area contributed by atoms with E-state index in [0.29, 0.717) is 6.42 Å². The fraction of sp³-hybridized carbons (Fsp3) is 0.417. The van der Waals surface area contributed by atoms with Crippen LogP contribution in [0.2, 0.25) is 0 Å². The molecule has 3 nitrogen and oxygen atoms in total. The number of hydrogen-bond donors (Lipinski definition) is 1. The molecule has 0 aromatic heterocycles. The van der Waals surface area contributed by atoms with Gasteiger partial charge in [-0.1, -0.05) is 25.1 Å². The molecule has 82 valence electrons. The third-order valence-corrected chi connectivity index (χ3v) is 2.44. The Morgan fingerprint density at radius 1 is 1.47 bits per heavy atom. The average molecular weight is 207 g/mol. The number of carbonyl (C=O) groups is 1. The van der Waals surface area contributed by atoms with Crippen molar-refractivity contribution in [1.29, 1.82) is 0 Å². The molecule has 0 heterocycles. The highest BCUT2D eigenvalue weighted by Gasteiger charge is 2.13. The van der Waals surface area contributed by atoms with Gasteiger partial charge < -0.3 is 10.1 Å². The molecular weight excluding hydrogens is 190 g/mol. The van der Waals surface area contributed by atoms with Crippen LogP contribution in [0.4, 0.5) is 0 Å². The second-order valence-corrected chi connectivity index (χ2v) is 3.52. The SMILES string of the molecule is CNC(=O)C[C@@H](C)c1ccccc1OC. The molecule has 1 amide bonds. The third-order valence-electron chi connectivity index (χ3n) is 2.44. The van der Waals surface area contributed by atoms with E-state index in [0.717, 1.165) is 11.3 Å². The number of amides is 1. The molecule has 3 heteroatoms. The molecule has 15 heavy (non-hydrogen) atoms. The highest BCUT2D eigenvalue weighted by Crippen LogP contribution is 2.27. The molecule has 0 aliphatic carbocycles. The van der Waals surface area contributed by atoms with Crippen molar-refractivity contribution in [3.63, 3.8) is 0 Å². The van der Waals surface area contributed by atoms with Crippen molar-refractivity contribution in [2.75, 3.05) is 14.2 Å². The quantitative estimate of drug-likeness (QED) is 0.819. The number of rotatable bonds is 4. The van der Waals surface area contributed by atoms with Gasteiger partial charge in [0.05, 0.1) is 7.11 Å². The number of carbonyl (C=O) groups excluding carboxylic acids is 1. The smallest absolute Gasteiger partial charge is 0.220 e. The molecule has 1 atom stereocenters. The maximum absolute atomic E-state index is 11.2. The van der Waals surface area contributed by atoms with Gasteiger partial charge in [0.2, 0.25) is 5.91 Å². The maximum atomic E-state index is 11.2. The number of methoxy groups -OCH3 is 1. The Morgan fingerprint density at radius 2 is 2.13 bits per heavy atom. The predicted molar refractivity (Wildman–Crippen MR) is 60.1 cm³/mol. The van der Waals surface area contributed by atoms with E-state index in [9.17, 15) is 4.79 Å². The average Bonchev–Trinajstić information content (AvgIpc) is 2.28. The van der Waals surface area contributed by atoms with Crippen LogP contribution >= 0.6 is 0 Å². The van der Waals surface area contributed by atoms with E-state index in [4.69, 9.17) is 4.74 Å². The molecule has 0 aliphatic heterocycles. The lowest BCUT2D eigenvalue weighted by atomic mass is 9.96. The van der Waals surface area contributed by atoms with Gasteiger partial charge in [0, 0.05) is 13.5 Å². The van der Waals surface area contributed by atoms with E-state index in [2.05, 4.69) is 5.32 Å². The second-order valence-electron chi connectivity index (χ2n) is 3.52. The van der Waals surface area contributed by atoms with E-state index in [1.54, 1.807) is 14.2 Å². The first-order valence-electron chi connectivity index (χ1n) is 5.02. The minimum Gasteiger partial charge on any atom is -0.496 e. The number of benzene rings is 1. The molecule has 0 saturated heterocycles. The van der Waals surface area contributed by atoms with Crippen LogP contribution in [0.1, 0.15) is 24.8 Å². The van der Waals surface area contributed by atoms with Crippen molar-refractivity contribution in [1.82, 2.24) is 5.32 Å². The number of hydrogen-bond acceptors (Lipinski definition) is 2. The second kappa shape index (κ2) is 5.39. The van der Waals surface area contributed by atoms with E-state index >= 15 is 0 Å². The Bertz CT molecular complexity index is 336. The monoisotopic (exact) mass is 207 g/mol. The van der Waals surface area contributed by atoms with Crippen molar-refractivity contribution in [2.45, 2.75) is 19.3 Å². The Balaban J connectivity index is 2.80. The van der Waals surface area contributed by atoms with E-state index < -0.39 is 0 Å². The molecule has 0 saturated carbocycles. The van der Waals surface area contributed by atoms with E-state index in [1.807, 2.05) is 31.2 Å². The zero-order valence-corrected chi connectivity index (χ0v) is 9.41. The number of para-hydroxylation sites is 1. The lowest BCUT2D eigenvalue weighted by molar-refractivity contribution is -0.120. The summed E-state index contributed by atoms with van der Waals surface area (Å²) in [6, 6.07) is 7.79. The van der Waals surface area contributed by atoms with Gasteiger partial charge in [-0.2, -0.15) is 0 Å². The minimum absolute atomic E-state index is 0.0495. The summed E-state index contributed by atoms with van der Waals surface area (Å²) in [5.41, 5.74) is 1.07. The van der Waals surface area contributed by atoms with Gasteiger partial charge in [-0.05, 0) is 17.5 Å². The molecule has 1 aromatic carbocycles. The van der Waals surface area contributed by atoms with Gasteiger partial charge in [0.1, 0.15) is 5.75 Å². The van der Waals surface area contributed by atoms with Gasteiger partial charge in [-0.15, -0.1) is 0 Å². The van der Waals surface area contributed by atoms with Crippen LogP contribution in [-0.2, 0) is 4.79 Å². The van der Waals surface area contributed by atoms with Crippen LogP contribution in [-0.4, -0.2) is 20.1 Å². The summed E-state index contributed by atoms with van der Waals surface area (Å²) in [7, 11) is 3.29. The molecule has 0 aliphatic rings.